The molecule has 1 atom stereocenters. The predicted octanol–water partition coefficient (Wildman–Crippen LogP) is 3.44. The summed E-state index contributed by atoms with van der Waals surface area (Å²) in [7, 11) is 1.41. The fraction of sp³-hybridized carbons (Fsp3) is 0.667. The van der Waals surface area contributed by atoms with Crippen molar-refractivity contribution in [3.63, 3.8) is 0 Å². The topological polar surface area (TPSA) is 61.8 Å². The zero-order valence-corrected chi connectivity index (χ0v) is 13.8. The Labute approximate surface area is 137 Å². The molecule has 0 aromatic heterocycles. The number of unbranched alkanes of at least 4 members (excludes halogenated alkanes) is 3. The van der Waals surface area contributed by atoms with E-state index in [4.69, 9.17) is 9.47 Å². The van der Waals surface area contributed by atoms with Crippen molar-refractivity contribution in [3.8, 4) is 0 Å². The number of esters is 1. The molecule has 128 valence electrons. The Hall–Kier alpha value is -1.62. The van der Waals surface area contributed by atoms with Gasteiger partial charge in [0.1, 0.15) is 5.76 Å². The highest BCUT2D eigenvalue weighted by Crippen LogP contribution is 2.24. The molecule has 0 unspecified atom stereocenters. The fourth-order valence-electron chi connectivity index (χ4n) is 2.77. The van der Waals surface area contributed by atoms with Gasteiger partial charge in [0.2, 0.25) is 0 Å². The number of hydrogen-bond donors (Lipinski definition) is 0. The lowest BCUT2D eigenvalue weighted by atomic mass is 10.0. The van der Waals surface area contributed by atoms with Crippen LogP contribution in [-0.2, 0) is 23.8 Å². The Balaban J connectivity index is 1.63. The second kappa shape index (κ2) is 9.50. The highest BCUT2D eigenvalue weighted by molar-refractivity contribution is 6.07. The number of carbonyl (C=O) groups excluding carboxylic acids is 2. The summed E-state index contributed by atoms with van der Waals surface area (Å²) < 4.78 is 15.9. The molecule has 1 heterocycles. The molecule has 1 aliphatic carbocycles. The number of allylic oxidation sites excluding steroid dienone is 3. The molecule has 0 saturated carbocycles. The van der Waals surface area contributed by atoms with Gasteiger partial charge in [-0.25, -0.2) is 0 Å². The van der Waals surface area contributed by atoms with E-state index in [9.17, 15) is 9.59 Å². The van der Waals surface area contributed by atoms with E-state index in [1.165, 1.54) is 7.11 Å². The van der Waals surface area contributed by atoms with E-state index in [1.807, 2.05) is 6.08 Å². The average Bonchev–Trinajstić information content (AvgIpc) is 2.91. The largest absolute Gasteiger partial charge is 0.469 e. The Morgan fingerprint density at radius 3 is 2.78 bits per heavy atom. The van der Waals surface area contributed by atoms with Crippen LogP contribution < -0.4 is 0 Å². The third-order valence-electron chi connectivity index (χ3n) is 4.12. The fourth-order valence-corrected chi connectivity index (χ4v) is 2.77. The van der Waals surface area contributed by atoms with E-state index < -0.39 is 0 Å². The van der Waals surface area contributed by atoms with Crippen LogP contribution in [0.5, 0.6) is 0 Å². The first-order valence-corrected chi connectivity index (χ1v) is 8.50. The van der Waals surface area contributed by atoms with Crippen molar-refractivity contribution in [2.75, 3.05) is 13.7 Å². The molecule has 0 aromatic carbocycles. The number of methoxy groups -OCH3 is 1. The molecule has 5 heteroatoms. The van der Waals surface area contributed by atoms with E-state index in [1.54, 1.807) is 6.08 Å². The van der Waals surface area contributed by atoms with Crippen molar-refractivity contribution in [1.82, 2.24) is 0 Å². The minimum Gasteiger partial charge on any atom is -0.469 e. The molecule has 1 aliphatic heterocycles. The van der Waals surface area contributed by atoms with Crippen molar-refractivity contribution in [3.05, 3.63) is 23.5 Å². The van der Waals surface area contributed by atoms with Crippen LogP contribution >= 0.6 is 0 Å². The molecule has 0 spiro atoms. The normalized spacial score (nSPS) is 20.9. The molecular weight excluding hydrogens is 296 g/mol. The Kier molecular flexibility index (Phi) is 7.33. The first-order valence-electron chi connectivity index (χ1n) is 8.50. The zero-order chi connectivity index (χ0) is 16.5. The highest BCUT2D eigenvalue weighted by Gasteiger charge is 2.21. The SMILES string of the molecule is COC(=O)CCCCCCC1=CC(O[C@@H]2CCCCO2)=CC1=O. The van der Waals surface area contributed by atoms with Crippen molar-refractivity contribution >= 4 is 11.8 Å². The molecule has 1 fully saturated rings. The maximum atomic E-state index is 11.9. The van der Waals surface area contributed by atoms with Gasteiger partial charge in [-0.1, -0.05) is 12.8 Å². The van der Waals surface area contributed by atoms with Gasteiger partial charge in [-0.3, -0.25) is 9.59 Å². The first-order chi connectivity index (χ1) is 11.2. The van der Waals surface area contributed by atoms with E-state index in [0.717, 1.165) is 63.5 Å². The standard InChI is InChI=1S/C18H26O5/c1-21-17(20)9-5-3-2-4-8-14-12-15(13-16(14)19)23-18-10-6-7-11-22-18/h12-13,18H,2-11H2,1H3/t18-/m1/s1. The zero-order valence-electron chi connectivity index (χ0n) is 13.8. The molecule has 23 heavy (non-hydrogen) atoms. The third kappa shape index (κ3) is 6.18. The maximum absolute atomic E-state index is 11.9. The molecule has 5 nitrogen and oxygen atoms in total. The summed E-state index contributed by atoms with van der Waals surface area (Å²) in [5.74, 6) is 0.516. The van der Waals surface area contributed by atoms with Gasteiger partial charge >= 0.3 is 5.97 Å². The maximum Gasteiger partial charge on any atom is 0.305 e. The molecular formula is C18H26O5. The van der Waals surface area contributed by atoms with Crippen LogP contribution in [0.1, 0.15) is 57.8 Å². The van der Waals surface area contributed by atoms with Crippen LogP contribution in [0.2, 0.25) is 0 Å². The summed E-state index contributed by atoms with van der Waals surface area (Å²) in [4.78, 5) is 22.9. The van der Waals surface area contributed by atoms with E-state index in [2.05, 4.69) is 4.74 Å². The summed E-state index contributed by atoms with van der Waals surface area (Å²) in [6.07, 6.45) is 11.2. The predicted molar refractivity (Wildman–Crippen MR) is 85.6 cm³/mol. The van der Waals surface area contributed by atoms with Crippen LogP contribution in [0.15, 0.2) is 23.5 Å². The minimum absolute atomic E-state index is 0.0466. The van der Waals surface area contributed by atoms with Gasteiger partial charge < -0.3 is 14.2 Å². The molecule has 0 radical (unpaired) electrons. The van der Waals surface area contributed by atoms with Gasteiger partial charge in [0.25, 0.3) is 0 Å². The number of hydrogen-bond acceptors (Lipinski definition) is 5. The van der Waals surface area contributed by atoms with Crippen LogP contribution in [0, 0.1) is 0 Å². The van der Waals surface area contributed by atoms with Gasteiger partial charge in [-0.15, -0.1) is 0 Å². The smallest absolute Gasteiger partial charge is 0.305 e. The van der Waals surface area contributed by atoms with Crippen molar-refractivity contribution < 1.29 is 23.8 Å². The quantitative estimate of drug-likeness (QED) is 0.481. The van der Waals surface area contributed by atoms with E-state index >= 15 is 0 Å². The lowest BCUT2D eigenvalue weighted by Crippen LogP contribution is -2.21. The van der Waals surface area contributed by atoms with E-state index in [0.29, 0.717) is 12.2 Å². The number of ketones is 1. The summed E-state index contributed by atoms with van der Waals surface area (Å²) in [6.45, 7) is 0.730. The van der Waals surface area contributed by atoms with Crippen LogP contribution in [0.3, 0.4) is 0 Å². The van der Waals surface area contributed by atoms with Gasteiger partial charge in [-0.2, -0.15) is 0 Å². The number of rotatable bonds is 9. The first kappa shape index (κ1) is 17.7. The summed E-state index contributed by atoms with van der Waals surface area (Å²) in [6, 6.07) is 0. The summed E-state index contributed by atoms with van der Waals surface area (Å²) in [5.41, 5.74) is 0.809. The van der Waals surface area contributed by atoms with Crippen LogP contribution in [-0.4, -0.2) is 31.8 Å². The second-order valence-electron chi connectivity index (χ2n) is 5.98. The monoisotopic (exact) mass is 322 g/mol. The van der Waals surface area contributed by atoms with Gasteiger partial charge in [0.15, 0.2) is 12.1 Å². The minimum atomic E-state index is -0.211. The average molecular weight is 322 g/mol. The van der Waals surface area contributed by atoms with Crippen molar-refractivity contribution in [1.29, 1.82) is 0 Å². The highest BCUT2D eigenvalue weighted by atomic mass is 16.7. The molecule has 2 rings (SSSR count). The van der Waals surface area contributed by atoms with Gasteiger partial charge in [-0.05, 0) is 38.2 Å². The summed E-state index contributed by atoms with van der Waals surface area (Å²) in [5, 5.41) is 0. The lowest BCUT2D eigenvalue weighted by molar-refractivity contribution is -0.140. The lowest BCUT2D eigenvalue weighted by Gasteiger charge is -2.23. The van der Waals surface area contributed by atoms with Gasteiger partial charge in [0.05, 0.1) is 13.7 Å². The van der Waals surface area contributed by atoms with Crippen LogP contribution in [0.25, 0.3) is 0 Å². The molecule has 0 amide bonds. The third-order valence-corrected chi connectivity index (χ3v) is 4.12. The summed E-state index contributed by atoms with van der Waals surface area (Å²) >= 11 is 0. The molecule has 2 aliphatic rings. The Morgan fingerprint density at radius 1 is 1.22 bits per heavy atom. The van der Waals surface area contributed by atoms with Crippen molar-refractivity contribution in [2.45, 2.75) is 64.1 Å². The molecule has 0 aromatic rings. The van der Waals surface area contributed by atoms with E-state index in [-0.39, 0.29) is 18.0 Å². The number of carbonyl (C=O) groups is 2. The number of ether oxygens (including phenoxy) is 3. The second-order valence-corrected chi connectivity index (χ2v) is 5.98. The Morgan fingerprint density at radius 2 is 2.04 bits per heavy atom. The van der Waals surface area contributed by atoms with Crippen molar-refractivity contribution in [2.24, 2.45) is 0 Å². The van der Waals surface area contributed by atoms with Crippen LogP contribution in [0.4, 0.5) is 0 Å². The molecule has 1 saturated heterocycles. The Bertz CT molecular complexity index is 472. The van der Waals surface area contributed by atoms with Gasteiger partial charge in [0, 0.05) is 24.5 Å². The molecule has 0 N–H and O–H groups in total. The molecule has 0 bridgehead atoms.